The van der Waals surface area contributed by atoms with Crippen LogP contribution in [0.4, 0.5) is 5.82 Å². The van der Waals surface area contributed by atoms with Gasteiger partial charge >= 0.3 is 0 Å². The fourth-order valence-corrected chi connectivity index (χ4v) is 3.84. The van der Waals surface area contributed by atoms with E-state index in [1.807, 2.05) is 48.5 Å². The predicted octanol–water partition coefficient (Wildman–Crippen LogP) is 4.05. The van der Waals surface area contributed by atoms with Gasteiger partial charge in [0.15, 0.2) is 5.82 Å². The van der Waals surface area contributed by atoms with E-state index in [9.17, 15) is 4.79 Å². The van der Waals surface area contributed by atoms with Gasteiger partial charge in [0.1, 0.15) is 11.3 Å². The normalized spacial score (nSPS) is 11.2. The van der Waals surface area contributed by atoms with Crippen molar-refractivity contribution in [2.75, 3.05) is 12.3 Å². The molecule has 0 atom stereocenters. The first-order chi connectivity index (χ1) is 15.2. The van der Waals surface area contributed by atoms with Crippen molar-refractivity contribution in [2.45, 2.75) is 12.8 Å². The molecule has 0 saturated heterocycles. The molecule has 2 aromatic carbocycles. The summed E-state index contributed by atoms with van der Waals surface area (Å²) in [4.78, 5) is 20.2. The summed E-state index contributed by atoms with van der Waals surface area (Å²) in [5.41, 5.74) is 11.3. The zero-order valence-electron chi connectivity index (χ0n) is 16.9. The number of H-pyrrole nitrogens is 2. The molecule has 0 radical (unpaired) electrons. The van der Waals surface area contributed by atoms with Crippen molar-refractivity contribution in [2.24, 2.45) is 0 Å². The summed E-state index contributed by atoms with van der Waals surface area (Å²) in [5.74, 6) is 0.332. The van der Waals surface area contributed by atoms with E-state index >= 15 is 0 Å². The number of amides is 1. The number of nitrogens with zero attached hydrogens (tertiary/aromatic N) is 2. The van der Waals surface area contributed by atoms with E-state index in [1.165, 1.54) is 5.56 Å². The molecular formula is C24H22N6O. The molecular weight excluding hydrogens is 388 g/mol. The number of hydrogen-bond donors (Lipinski definition) is 4. The molecule has 5 aromatic rings. The Morgan fingerprint density at radius 1 is 1.03 bits per heavy atom. The second kappa shape index (κ2) is 7.95. The summed E-state index contributed by atoms with van der Waals surface area (Å²) in [6.45, 7) is 0.611. The zero-order chi connectivity index (χ0) is 21.2. The highest BCUT2D eigenvalue weighted by molar-refractivity contribution is 6.03. The monoisotopic (exact) mass is 410 g/mol. The Kier molecular flexibility index (Phi) is 4.84. The summed E-state index contributed by atoms with van der Waals surface area (Å²) < 4.78 is 0. The van der Waals surface area contributed by atoms with Crippen molar-refractivity contribution in [3.63, 3.8) is 0 Å². The molecule has 0 bridgehead atoms. The Hall–Kier alpha value is -4.13. The van der Waals surface area contributed by atoms with Crippen molar-refractivity contribution < 1.29 is 4.79 Å². The van der Waals surface area contributed by atoms with Crippen molar-refractivity contribution in [1.82, 2.24) is 25.5 Å². The van der Waals surface area contributed by atoms with Crippen LogP contribution in [0.25, 0.3) is 33.1 Å². The number of rotatable bonds is 6. The van der Waals surface area contributed by atoms with Gasteiger partial charge in [0, 0.05) is 23.5 Å². The molecule has 7 heteroatoms. The van der Waals surface area contributed by atoms with Crippen LogP contribution in [-0.2, 0) is 6.42 Å². The zero-order valence-corrected chi connectivity index (χ0v) is 16.9. The molecule has 1 amide bonds. The highest BCUT2D eigenvalue weighted by Gasteiger charge is 2.14. The second-order valence-electron chi connectivity index (χ2n) is 7.52. The average Bonchev–Trinajstić information content (AvgIpc) is 3.41. The molecule has 0 aliphatic rings. The summed E-state index contributed by atoms with van der Waals surface area (Å²) in [5, 5.41) is 11.7. The van der Waals surface area contributed by atoms with Crippen molar-refractivity contribution in [3.8, 4) is 11.1 Å². The third kappa shape index (κ3) is 3.73. The molecule has 0 spiro atoms. The molecule has 3 aromatic heterocycles. The summed E-state index contributed by atoms with van der Waals surface area (Å²) in [6, 6.07) is 20.0. The fraction of sp³-hybridized carbons (Fsp3) is 0.125. The lowest BCUT2D eigenvalue weighted by molar-refractivity contribution is 0.0949. The van der Waals surface area contributed by atoms with Gasteiger partial charge in [0.2, 0.25) is 0 Å². The van der Waals surface area contributed by atoms with Gasteiger partial charge in [0.05, 0.1) is 5.52 Å². The minimum atomic E-state index is -0.133. The molecule has 0 saturated carbocycles. The number of benzene rings is 2. The number of aromatic amines is 2. The minimum absolute atomic E-state index is 0.133. The maximum absolute atomic E-state index is 12.7. The maximum atomic E-state index is 12.7. The third-order valence-corrected chi connectivity index (χ3v) is 5.45. The largest absolute Gasteiger partial charge is 0.382 e. The van der Waals surface area contributed by atoms with Gasteiger partial charge in [-0.25, -0.2) is 4.98 Å². The van der Waals surface area contributed by atoms with Gasteiger partial charge in [-0.3, -0.25) is 9.89 Å². The number of nitrogens with one attached hydrogen (secondary N) is 3. The van der Waals surface area contributed by atoms with Crippen LogP contribution in [0.2, 0.25) is 0 Å². The fourth-order valence-electron chi connectivity index (χ4n) is 3.84. The topological polar surface area (TPSA) is 112 Å². The Labute approximate surface area is 178 Å². The van der Waals surface area contributed by atoms with Crippen LogP contribution in [0.5, 0.6) is 0 Å². The lowest BCUT2D eigenvalue weighted by Gasteiger charge is -2.04. The summed E-state index contributed by atoms with van der Waals surface area (Å²) in [6.07, 6.45) is 3.55. The number of carbonyl (C=O) groups excluding carboxylic acids is 1. The standard InChI is InChI=1S/C24H22N6O/c25-22-19-13-16(8-9-20(19)29-30-22)17-10-12-26-23-18(17)14-21(28-23)24(31)27-11-4-7-15-5-2-1-3-6-15/h1-3,5-6,8-10,12-14H,4,7,11H2,(H,26,28)(H,27,31)(H3,25,29,30). The van der Waals surface area contributed by atoms with Gasteiger partial charge in [-0.15, -0.1) is 0 Å². The molecule has 0 aliphatic carbocycles. The number of nitrogen functional groups attached to an aromatic ring is 1. The van der Waals surface area contributed by atoms with Gasteiger partial charge < -0.3 is 16.0 Å². The quantitative estimate of drug-likeness (QED) is 0.316. The molecule has 7 nitrogen and oxygen atoms in total. The molecule has 154 valence electrons. The SMILES string of the molecule is Nc1n[nH]c2ccc(-c3ccnc4[nH]c(C(=O)NCCCc5ccccc5)cc34)cc12. The number of aromatic nitrogens is 4. The van der Waals surface area contributed by atoms with Gasteiger partial charge in [-0.1, -0.05) is 36.4 Å². The smallest absolute Gasteiger partial charge is 0.267 e. The molecule has 0 aliphatic heterocycles. The lowest BCUT2D eigenvalue weighted by Crippen LogP contribution is -2.25. The van der Waals surface area contributed by atoms with Crippen LogP contribution >= 0.6 is 0 Å². The van der Waals surface area contributed by atoms with Crippen molar-refractivity contribution >= 4 is 33.7 Å². The van der Waals surface area contributed by atoms with E-state index in [2.05, 4.69) is 37.6 Å². The highest BCUT2D eigenvalue weighted by atomic mass is 16.1. The number of aryl methyl sites for hydroxylation is 1. The van der Waals surface area contributed by atoms with Gasteiger partial charge in [0.25, 0.3) is 5.91 Å². The highest BCUT2D eigenvalue weighted by Crippen LogP contribution is 2.31. The first kappa shape index (κ1) is 18.9. The maximum Gasteiger partial charge on any atom is 0.267 e. The first-order valence-electron chi connectivity index (χ1n) is 10.2. The van der Waals surface area contributed by atoms with E-state index in [0.29, 0.717) is 23.7 Å². The molecule has 0 fully saturated rings. The molecule has 3 heterocycles. The van der Waals surface area contributed by atoms with Crippen LogP contribution < -0.4 is 11.1 Å². The Morgan fingerprint density at radius 2 is 1.90 bits per heavy atom. The number of hydrogen-bond acceptors (Lipinski definition) is 4. The average molecular weight is 410 g/mol. The summed E-state index contributed by atoms with van der Waals surface area (Å²) >= 11 is 0. The molecule has 5 rings (SSSR count). The number of fused-ring (bicyclic) bond motifs is 2. The predicted molar refractivity (Wildman–Crippen MR) is 123 cm³/mol. The van der Waals surface area contributed by atoms with Crippen LogP contribution in [0.1, 0.15) is 22.5 Å². The van der Waals surface area contributed by atoms with Crippen LogP contribution in [0.3, 0.4) is 0 Å². The van der Waals surface area contributed by atoms with E-state index in [4.69, 9.17) is 5.73 Å². The van der Waals surface area contributed by atoms with Crippen molar-refractivity contribution in [1.29, 1.82) is 0 Å². The number of carbonyl (C=O) groups is 1. The first-order valence-corrected chi connectivity index (χ1v) is 10.2. The molecule has 5 N–H and O–H groups in total. The molecule has 0 unspecified atom stereocenters. The van der Waals surface area contributed by atoms with Crippen LogP contribution in [0, 0.1) is 0 Å². The number of anilines is 1. The van der Waals surface area contributed by atoms with E-state index < -0.39 is 0 Å². The van der Waals surface area contributed by atoms with E-state index in [-0.39, 0.29) is 5.91 Å². The van der Waals surface area contributed by atoms with E-state index in [1.54, 1.807) is 6.20 Å². The minimum Gasteiger partial charge on any atom is -0.382 e. The van der Waals surface area contributed by atoms with Gasteiger partial charge in [-0.05, 0) is 53.8 Å². The Bertz CT molecular complexity index is 1370. The van der Waals surface area contributed by atoms with Crippen molar-refractivity contribution in [3.05, 3.63) is 78.1 Å². The van der Waals surface area contributed by atoms with Crippen LogP contribution in [-0.4, -0.2) is 32.6 Å². The Balaban J connectivity index is 1.35. The van der Waals surface area contributed by atoms with Crippen LogP contribution in [0.15, 0.2) is 66.9 Å². The number of nitrogens with two attached hydrogens (primary N) is 1. The summed E-state index contributed by atoms with van der Waals surface area (Å²) in [7, 11) is 0. The molecule has 31 heavy (non-hydrogen) atoms. The number of pyridine rings is 1. The van der Waals surface area contributed by atoms with Gasteiger partial charge in [-0.2, -0.15) is 5.10 Å². The Morgan fingerprint density at radius 3 is 2.77 bits per heavy atom. The lowest BCUT2D eigenvalue weighted by atomic mass is 10.0. The van der Waals surface area contributed by atoms with E-state index in [0.717, 1.165) is 40.3 Å². The second-order valence-corrected chi connectivity index (χ2v) is 7.52. The third-order valence-electron chi connectivity index (χ3n) is 5.45.